The van der Waals surface area contributed by atoms with Crippen molar-refractivity contribution >= 4 is 22.7 Å². The number of hydrogen-bond donors (Lipinski definition) is 1. The fraction of sp³-hybridized carbons (Fsp3) is 0.375. The number of benzene rings is 1. The molecule has 1 N–H and O–H groups in total. The van der Waals surface area contributed by atoms with Crippen LogP contribution in [-0.4, -0.2) is 31.2 Å². The minimum atomic E-state index is 0.703. The zero-order valence-corrected chi connectivity index (χ0v) is 18.2. The molecule has 0 bridgehead atoms. The quantitative estimate of drug-likeness (QED) is 0.373. The van der Waals surface area contributed by atoms with Crippen LogP contribution in [0, 0.1) is 5.92 Å². The summed E-state index contributed by atoms with van der Waals surface area (Å²) in [5.41, 5.74) is 5.64. The van der Waals surface area contributed by atoms with Crippen molar-refractivity contribution in [3.8, 4) is 11.3 Å². The molecule has 30 heavy (non-hydrogen) atoms. The lowest BCUT2D eigenvalue weighted by molar-refractivity contribution is 0.290. The normalized spacial score (nSPS) is 14.3. The maximum absolute atomic E-state index is 4.34. The van der Waals surface area contributed by atoms with Gasteiger partial charge in [0.1, 0.15) is 5.69 Å². The lowest BCUT2D eigenvalue weighted by Gasteiger charge is -2.24. The molecule has 4 aromatic rings. The van der Waals surface area contributed by atoms with Gasteiger partial charge in [-0.1, -0.05) is 43.0 Å². The van der Waals surface area contributed by atoms with Crippen LogP contribution in [0.5, 0.6) is 0 Å². The maximum atomic E-state index is 4.34. The van der Waals surface area contributed by atoms with Crippen LogP contribution in [0.3, 0.4) is 0 Å². The smallest absolute Gasteiger partial charge is 0.114 e. The van der Waals surface area contributed by atoms with E-state index in [0.717, 1.165) is 28.5 Å². The first kappa shape index (κ1) is 19.4. The van der Waals surface area contributed by atoms with Gasteiger partial charge in [0, 0.05) is 34.1 Å². The molecule has 1 aliphatic rings. The van der Waals surface area contributed by atoms with E-state index >= 15 is 0 Å². The van der Waals surface area contributed by atoms with Gasteiger partial charge in [-0.3, -0.25) is 4.98 Å². The van der Waals surface area contributed by atoms with Gasteiger partial charge in [0.2, 0.25) is 0 Å². The van der Waals surface area contributed by atoms with E-state index in [1.807, 2.05) is 29.5 Å². The van der Waals surface area contributed by atoms with E-state index in [9.17, 15) is 0 Å². The van der Waals surface area contributed by atoms with E-state index < -0.39 is 0 Å². The summed E-state index contributed by atoms with van der Waals surface area (Å²) in [6.07, 6.45) is 15.9. The van der Waals surface area contributed by atoms with Gasteiger partial charge in [-0.05, 0) is 54.2 Å². The topological polar surface area (TPSA) is 59.4 Å². The van der Waals surface area contributed by atoms with E-state index in [0.29, 0.717) is 6.54 Å². The van der Waals surface area contributed by atoms with Crippen molar-refractivity contribution in [1.82, 2.24) is 25.0 Å². The van der Waals surface area contributed by atoms with Crippen LogP contribution in [-0.2, 0) is 13.0 Å². The molecule has 1 saturated carbocycles. The number of aryl methyl sites for hydroxylation is 1. The molecule has 0 radical (unpaired) electrons. The summed E-state index contributed by atoms with van der Waals surface area (Å²) >= 11 is 1.68. The van der Waals surface area contributed by atoms with E-state index in [1.165, 1.54) is 54.3 Å². The molecule has 0 aliphatic heterocycles. The van der Waals surface area contributed by atoms with Crippen molar-refractivity contribution in [3.63, 3.8) is 0 Å². The van der Waals surface area contributed by atoms with E-state index in [2.05, 4.69) is 50.6 Å². The van der Waals surface area contributed by atoms with Crippen LogP contribution in [0.2, 0.25) is 0 Å². The summed E-state index contributed by atoms with van der Waals surface area (Å²) in [5, 5.41) is 9.95. The van der Waals surface area contributed by atoms with Gasteiger partial charge in [-0.15, -0.1) is 16.9 Å². The first-order valence-electron chi connectivity index (χ1n) is 10.8. The highest BCUT2D eigenvalue weighted by Crippen LogP contribution is 2.31. The third-order valence-corrected chi connectivity index (χ3v) is 6.85. The highest BCUT2D eigenvalue weighted by atomic mass is 32.2. The molecule has 5 rings (SSSR count). The fourth-order valence-corrected chi connectivity index (χ4v) is 4.61. The number of pyridine rings is 1. The number of thioether (sulfide) groups is 1. The first-order valence-corrected chi connectivity index (χ1v) is 12.0. The number of fused-ring (bicyclic) bond motifs is 1. The summed E-state index contributed by atoms with van der Waals surface area (Å²) in [7, 11) is 0. The Morgan fingerprint density at radius 3 is 2.93 bits per heavy atom. The Balaban J connectivity index is 1.26. The van der Waals surface area contributed by atoms with Crippen molar-refractivity contribution in [2.75, 3.05) is 6.26 Å². The zero-order chi connectivity index (χ0) is 20.3. The second kappa shape index (κ2) is 8.64. The molecule has 1 aromatic carbocycles. The van der Waals surface area contributed by atoms with Crippen molar-refractivity contribution < 1.29 is 0 Å². The SMILES string of the molecule is CSc1cncc(-c2cn(Cc3ccc4cc(CCCC5CCC5)[nH]c4c3)nn2)c1. The molecule has 3 aromatic heterocycles. The third kappa shape index (κ3) is 4.29. The lowest BCUT2D eigenvalue weighted by Crippen LogP contribution is -2.10. The number of aromatic amines is 1. The molecular weight excluding hydrogens is 390 g/mol. The molecule has 154 valence electrons. The average molecular weight is 418 g/mol. The molecule has 3 heterocycles. The number of nitrogens with one attached hydrogen (secondary N) is 1. The summed E-state index contributed by atoms with van der Waals surface area (Å²) in [6.45, 7) is 0.703. The molecule has 6 heteroatoms. The Morgan fingerprint density at radius 1 is 1.17 bits per heavy atom. The predicted molar refractivity (Wildman–Crippen MR) is 123 cm³/mol. The van der Waals surface area contributed by atoms with Gasteiger partial charge < -0.3 is 4.98 Å². The van der Waals surface area contributed by atoms with Gasteiger partial charge >= 0.3 is 0 Å². The van der Waals surface area contributed by atoms with Gasteiger partial charge in [-0.25, -0.2) is 4.68 Å². The molecule has 0 saturated heterocycles. The standard InChI is InChI=1S/C24H27N5S/c1-30-22-12-20(13-25-14-22)24-16-29(28-27-24)15-18-8-9-19-11-21(26-23(19)10-18)7-3-6-17-4-2-5-17/h8-14,16-17,26H,2-7,15H2,1H3. The van der Waals surface area contributed by atoms with Crippen LogP contribution < -0.4 is 0 Å². The Labute approximate surface area is 181 Å². The molecule has 0 unspecified atom stereocenters. The van der Waals surface area contributed by atoms with Crippen molar-refractivity contribution in [2.24, 2.45) is 5.92 Å². The Kier molecular flexibility index (Phi) is 5.58. The Morgan fingerprint density at radius 2 is 2.10 bits per heavy atom. The minimum absolute atomic E-state index is 0.703. The molecule has 0 amide bonds. The van der Waals surface area contributed by atoms with Crippen LogP contribution in [0.15, 0.2) is 53.8 Å². The van der Waals surface area contributed by atoms with Crippen molar-refractivity contribution in [1.29, 1.82) is 0 Å². The second-order valence-corrected chi connectivity index (χ2v) is 9.20. The Hall–Kier alpha value is -2.60. The number of hydrogen-bond acceptors (Lipinski definition) is 4. The highest BCUT2D eigenvalue weighted by molar-refractivity contribution is 7.98. The monoisotopic (exact) mass is 417 g/mol. The molecule has 1 aliphatic carbocycles. The summed E-state index contributed by atoms with van der Waals surface area (Å²) in [5.74, 6) is 0.993. The first-order chi connectivity index (χ1) is 14.8. The summed E-state index contributed by atoms with van der Waals surface area (Å²) < 4.78 is 1.89. The maximum Gasteiger partial charge on any atom is 0.114 e. The minimum Gasteiger partial charge on any atom is -0.358 e. The van der Waals surface area contributed by atoms with E-state index in [4.69, 9.17) is 0 Å². The molecule has 0 spiro atoms. The summed E-state index contributed by atoms with van der Waals surface area (Å²) in [4.78, 5) is 9.05. The number of rotatable bonds is 8. The van der Waals surface area contributed by atoms with Crippen molar-refractivity contribution in [3.05, 3.63) is 60.2 Å². The van der Waals surface area contributed by atoms with Crippen LogP contribution in [0.4, 0.5) is 0 Å². The number of nitrogens with zero attached hydrogens (tertiary/aromatic N) is 4. The molecule has 5 nitrogen and oxygen atoms in total. The average Bonchev–Trinajstić information content (AvgIpc) is 3.36. The zero-order valence-electron chi connectivity index (χ0n) is 17.3. The summed E-state index contributed by atoms with van der Waals surface area (Å²) in [6, 6.07) is 11.0. The molecule has 1 fully saturated rings. The van der Waals surface area contributed by atoms with Crippen LogP contribution >= 0.6 is 11.8 Å². The largest absolute Gasteiger partial charge is 0.358 e. The van der Waals surface area contributed by atoms with Crippen LogP contribution in [0.1, 0.15) is 43.4 Å². The van der Waals surface area contributed by atoms with E-state index in [1.54, 1.807) is 11.8 Å². The van der Waals surface area contributed by atoms with Gasteiger partial charge in [0.15, 0.2) is 0 Å². The van der Waals surface area contributed by atoms with Gasteiger partial charge in [-0.2, -0.15) is 0 Å². The van der Waals surface area contributed by atoms with Gasteiger partial charge in [0.25, 0.3) is 0 Å². The van der Waals surface area contributed by atoms with E-state index in [-0.39, 0.29) is 0 Å². The lowest BCUT2D eigenvalue weighted by atomic mass is 9.82. The number of aromatic nitrogens is 5. The fourth-order valence-electron chi connectivity index (χ4n) is 4.20. The second-order valence-electron chi connectivity index (χ2n) is 8.32. The van der Waals surface area contributed by atoms with Crippen molar-refractivity contribution in [2.45, 2.75) is 50.0 Å². The molecule has 0 atom stereocenters. The van der Waals surface area contributed by atoms with Gasteiger partial charge in [0.05, 0.1) is 12.7 Å². The molecular formula is C24H27N5S. The predicted octanol–water partition coefficient (Wildman–Crippen LogP) is 5.71. The van der Waals surface area contributed by atoms with Crippen LogP contribution in [0.25, 0.3) is 22.2 Å². The highest BCUT2D eigenvalue weighted by Gasteiger charge is 2.16. The number of H-pyrrole nitrogens is 1. The Bertz CT molecular complexity index is 1140. The third-order valence-electron chi connectivity index (χ3n) is 6.15.